The van der Waals surface area contributed by atoms with E-state index in [4.69, 9.17) is 5.73 Å². The summed E-state index contributed by atoms with van der Waals surface area (Å²) in [4.78, 5) is 8.45. The molecule has 0 saturated carbocycles. The number of hydrogen-bond donors (Lipinski definition) is 1. The highest BCUT2D eigenvalue weighted by atomic mass is 19.1. The van der Waals surface area contributed by atoms with Crippen molar-refractivity contribution in [3.8, 4) is 0 Å². The summed E-state index contributed by atoms with van der Waals surface area (Å²) < 4.78 is 14.9. The molecule has 2 aromatic rings. The van der Waals surface area contributed by atoms with Gasteiger partial charge in [-0.1, -0.05) is 20.8 Å². The van der Waals surface area contributed by atoms with Gasteiger partial charge >= 0.3 is 0 Å². The normalized spacial score (nSPS) is 14.4. The van der Waals surface area contributed by atoms with E-state index in [2.05, 4.69) is 28.9 Å². The summed E-state index contributed by atoms with van der Waals surface area (Å²) in [5, 5.41) is 4.25. The van der Waals surface area contributed by atoms with E-state index in [0.717, 1.165) is 12.4 Å². The van der Waals surface area contributed by atoms with Gasteiger partial charge in [0.25, 0.3) is 0 Å². The smallest absolute Gasteiger partial charge is 0.141 e. The molecule has 5 nitrogen and oxygen atoms in total. The molecule has 2 heterocycles. The van der Waals surface area contributed by atoms with E-state index >= 15 is 0 Å². The van der Waals surface area contributed by atoms with E-state index in [1.807, 2.05) is 11.6 Å². The Morgan fingerprint density at radius 1 is 1.33 bits per heavy atom. The minimum absolute atomic E-state index is 0.361. The van der Waals surface area contributed by atoms with Crippen LogP contribution < -0.4 is 5.73 Å². The lowest BCUT2D eigenvalue weighted by molar-refractivity contribution is 0.378. The molecular formula is C15H22FN5. The van der Waals surface area contributed by atoms with Crippen LogP contribution in [0.2, 0.25) is 0 Å². The average Bonchev–Trinajstić information content (AvgIpc) is 2.85. The molecule has 2 aromatic heterocycles. The van der Waals surface area contributed by atoms with Crippen molar-refractivity contribution in [2.24, 2.45) is 11.7 Å². The molecule has 0 radical (unpaired) electrons. The summed E-state index contributed by atoms with van der Waals surface area (Å²) >= 11 is 0. The summed E-state index contributed by atoms with van der Waals surface area (Å²) in [6, 6.07) is 3.03. The van der Waals surface area contributed by atoms with Crippen LogP contribution in [0.25, 0.3) is 0 Å². The number of nitrogens with two attached hydrogens (primary N) is 1. The zero-order chi connectivity index (χ0) is 15.5. The Kier molecular flexibility index (Phi) is 4.67. The van der Waals surface area contributed by atoms with Gasteiger partial charge in [0.05, 0.1) is 17.4 Å². The van der Waals surface area contributed by atoms with Gasteiger partial charge in [-0.3, -0.25) is 4.98 Å². The topological polar surface area (TPSA) is 69.6 Å². The monoisotopic (exact) mass is 291 g/mol. The molecule has 21 heavy (non-hydrogen) atoms. The molecule has 0 aliphatic heterocycles. The first-order valence-corrected chi connectivity index (χ1v) is 7.22. The third-order valence-electron chi connectivity index (χ3n) is 3.58. The molecule has 1 atom stereocenters. The number of aromatic nitrogens is 4. The van der Waals surface area contributed by atoms with Gasteiger partial charge in [-0.25, -0.2) is 14.1 Å². The number of hydrogen-bond acceptors (Lipinski definition) is 4. The maximum Gasteiger partial charge on any atom is 0.141 e. The second-order valence-electron chi connectivity index (χ2n) is 5.80. The Morgan fingerprint density at radius 2 is 2.10 bits per heavy atom. The maximum atomic E-state index is 13.0. The van der Waals surface area contributed by atoms with E-state index in [1.165, 1.54) is 12.3 Å². The summed E-state index contributed by atoms with van der Waals surface area (Å²) in [5.41, 5.74) is 6.49. The number of halogens is 1. The quantitative estimate of drug-likeness (QED) is 0.886. The van der Waals surface area contributed by atoms with Crippen molar-refractivity contribution in [1.29, 1.82) is 0 Å². The van der Waals surface area contributed by atoms with Crippen LogP contribution in [0, 0.1) is 11.7 Å². The molecule has 2 N–H and O–H groups in total. The van der Waals surface area contributed by atoms with Crippen molar-refractivity contribution >= 4 is 0 Å². The van der Waals surface area contributed by atoms with Gasteiger partial charge in [0.2, 0.25) is 0 Å². The van der Waals surface area contributed by atoms with Gasteiger partial charge in [-0.15, -0.1) is 0 Å². The predicted octanol–water partition coefficient (Wildman–Crippen LogP) is 2.27. The van der Waals surface area contributed by atoms with Crippen LogP contribution in [0.4, 0.5) is 4.39 Å². The molecule has 0 aromatic carbocycles. The van der Waals surface area contributed by atoms with Gasteiger partial charge in [0, 0.05) is 13.0 Å². The Bertz CT molecular complexity index is 578. The third kappa shape index (κ3) is 3.64. The summed E-state index contributed by atoms with van der Waals surface area (Å²) in [7, 11) is 0. The fourth-order valence-electron chi connectivity index (χ4n) is 2.27. The zero-order valence-corrected chi connectivity index (χ0v) is 12.8. The van der Waals surface area contributed by atoms with E-state index in [-0.39, 0.29) is 5.82 Å². The van der Waals surface area contributed by atoms with Crippen molar-refractivity contribution < 1.29 is 4.39 Å². The molecule has 0 aliphatic rings. The molecule has 2 rings (SSSR count). The Labute approximate surface area is 124 Å². The third-order valence-corrected chi connectivity index (χ3v) is 3.58. The van der Waals surface area contributed by atoms with Gasteiger partial charge in [0.1, 0.15) is 18.0 Å². The SMILES string of the molecule is CCC(N)(Cc1ncnn1CC(C)C)c1ccc(F)cn1. The van der Waals surface area contributed by atoms with E-state index in [9.17, 15) is 4.39 Å². The predicted molar refractivity (Wildman–Crippen MR) is 78.9 cm³/mol. The van der Waals surface area contributed by atoms with Crippen LogP contribution in [0.1, 0.15) is 38.7 Å². The first kappa shape index (κ1) is 15.6. The van der Waals surface area contributed by atoms with Crippen molar-refractivity contribution in [2.75, 3.05) is 0 Å². The summed E-state index contributed by atoms with van der Waals surface area (Å²) in [6.45, 7) is 7.05. The second kappa shape index (κ2) is 6.30. The fourth-order valence-corrected chi connectivity index (χ4v) is 2.27. The first-order valence-electron chi connectivity index (χ1n) is 7.22. The largest absolute Gasteiger partial charge is 0.320 e. The zero-order valence-electron chi connectivity index (χ0n) is 12.8. The molecule has 0 aliphatic carbocycles. The van der Waals surface area contributed by atoms with Crippen LogP contribution in [-0.2, 0) is 18.5 Å². The van der Waals surface area contributed by atoms with Crippen molar-refractivity contribution in [1.82, 2.24) is 19.7 Å². The van der Waals surface area contributed by atoms with E-state index < -0.39 is 5.54 Å². The number of nitrogens with zero attached hydrogens (tertiary/aromatic N) is 4. The molecular weight excluding hydrogens is 269 g/mol. The lowest BCUT2D eigenvalue weighted by atomic mass is 9.88. The Morgan fingerprint density at radius 3 is 2.67 bits per heavy atom. The maximum absolute atomic E-state index is 13.0. The second-order valence-corrected chi connectivity index (χ2v) is 5.80. The van der Waals surface area contributed by atoms with Crippen LogP contribution in [0.15, 0.2) is 24.7 Å². The van der Waals surface area contributed by atoms with Gasteiger partial charge in [-0.2, -0.15) is 5.10 Å². The van der Waals surface area contributed by atoms with E-state index in [0.29, 0.717) is 24.5 Å². The molecule has 6 heteroatoms. The highest BCUT2D eigenvalue weighted by Crippen LogP contribution is 2.24. The molecule has 0 spiro atoms. The Hall–Kier alpha value is -1.82. The lowest BCUT2D eigenvalue weighted by Crippen LogP contribution is -2.40. The minimum Gasteiger partial charge on any atom is -0.320 e. The molecule has 1 unspecified atom stereocenters. The fraction of sp³-hybridized carbons (Fsp3) is 0.533. The van der Waals surface area contributed by atoms with Gasteiger partial charge in [-0.05, 0) is 24.5 Å². The van der Waals surface area contributed by atoms with Crippen LogP contribution in [0.5, 0.6) is 0 Å². The van der Waals surface area contributed by atoms with Crippen molar-refractivity contribution in [2.45, 2.75) is 45.7 Å². The molecule has 114 valence electrons. The Balaban J connectivity index is 2.26. The standard InChI is InChI=1S/C15H22FN5/c1-4-15(17,13-6-5-12(16)8-18-13)7-14-19-10-20-21(14)9-11(2)3/h5-6,8,10-11H,4,7,9,17H2,1-3H3. The molecule has 0 saturated heterocycles. The van der Waals surface area contributed by atoms with Crippen molar-refractivity contribution in [3.05, 3.63) is 42.0 Å². The molecule has 0 amide bonds. The van der Waals surface area contributed by atoms with Crippen LogP contribution in [0.3, 0.4) is 0 Å². The van der Waals surface area contributed by atoms with Crippen molar-refractivity contribution in [3.63, 3.8) is 0 Å². The lowest BCUT2D eigenvalue weighted by Gasteiger charge is -2.27. The van der Waals surface area contributed by atoms with E-state index in [1.54, 1.807) is 12.4 Å². The van der Waals surface area contributed by atoms with Crippen LogP contribution in [-0.4, -0.2) is 19.7 Å². The van der Waals surface area contributed by atoms with Crippen LogP contribution >= 0.6 is 0 Å². The first-order chi connectivity index (χ1) is 9.94. The van der Waals surface area contributed by atoms with Gasteiger partial charge < -0.3 is 5.73 Å². The molecule has 0 bridgehead atoms. The highest BCUT2D eigenvalue weighted by Gasteiger charge is 2.29. The van der Waals surface area contributed by atoms with Gasteiger partial charge in [0.15, 0.2) is 0 Å². The molecule has 0 fully saturated rings. The number of pyridine rings is 1. The number of rotatable bonds is 6. The average molecular weight is 291 g/mol. The summed E-state index contributed by atoms with van der Waals surface area (Å²) in [5.74, 6) is 0.947. The minimum atomic E-state index is -0.671. The summed E-state index contributed by atoms with van der Waals surface area (Å²) in [6.07, 6.45) is 3.95. The highest BCUT2D eigenvalue weighted by molar-refractivity contribution is 5.18.